The first kappa shape index (κ1) is 16.9. The van der Waals surface area contributed by atoms with Gasteiger partial charge in [-0.15, -0.1) is 23.5 Å². The van der Waals surface area contributed by atoms with Crippen molar-refractivity contribution in [2.24, 2.45) is 0 Å². The Labute approximate surface area is 148 Å². The lowest BCUT2D eigenvalue weighted by molar-refractivity contribution is 0.393. The monoisotopic (exact) mass is 362 g/mol. The number of thioether (sulfide) groups is 2. The van der Waals surface area contributed by atoms with Gasteiger partial charge in [0, 0.05) is 29.2 Å². The minimum atomic E-state index is -0.0847. The molecule has 0 fully saturated rings. The van der Waals surface area contributed by atoms with Gasteiger partial charge in [0.25, 0.3) is 0 Å². The number of benzene rings is 1. The van der Waals surface area contributed by atoms with Crippen LogP contribution in [0, 0.1) is 0 Å². The summed E-state index contributed by atoms with van der Waals surface area (Å²) in [5.41, 5.74) is 0. The summed E-state index contributed by atoms with van der Waals surface area (Å²) in [7, 11) is 0. The fraction of sp³-hybridized carbons (Fsp3) is 0.222. The first-order chi connectivity index (χ1) is 11.7. The number of phenolic OH excluding ortho intramolecular Hbond substituents is 2. The van der Waals surface area contributed by atoms with E-state index in [1.165, 1.54) is 11.8 Å². The molecule has 0 unspecified atom stereocenters. The van der Waals surface area contributed by atoms with E-state index in [-0.39, 0.29) is 11.5 Å². The smallest absolute Gasteiger partial charge is 0.171 e. The zero-order valence-electron chi connectivity index (χ0n) is 13.0. The van der Waals surface area contributed by atoms with Gasteiger partial charge in [0.1, 0.15) is 11.5 Å². The minimum absolute atomic E-state index is 0.0603. The van der Waals surface area contributed by atoms with E-state index < -0.39 is 0 Å². The van der Waals surface area contributed by atoms with Crippen LogP contribution in [-0.2, 0) is 12.8 Å². The van der Waals surface area contributed by atoms with Crippen LogP contribution in [0.2, 0.25) is 0 Å². The van der Waals surface area contributed by atoms with Gasteiger partial charge in [0.05, 0.1) is 17.4 Å². The maximum absolute atomic E-state index is 10.0. The number of hydrogen-bond donors (Lipinski definition) is 2. The van der Waals surface area contributed by atoms with E-state index in [0.29, 0.717) is 4.90 Å². The van der Waals surface area contributed by atoms with Crippen LogP contribution in [0.1, 0.15) is 11.5 Å². The molecule has 3 rings (SSSR count). The van der Waals surface area contributed by atoms with Crippen molar-refractivity contribution in [1.82, 2.24) is 0 Å². The van der Waals surface area contributed by atoms with Crippen LogP contribution < -0.4 is 0 Å². The molecule has 0 aliphatic carbocycles. The third-order valence-corrected chi connectivity index (χ3v) is 5.42. The second kappa shape index (κ2) is 8.26. The van der Waals surface area contributed by atoms with E-state index in [0.717, 1.165) is 40.8 Å². The Hall–Kier alpha value is -1.92. The zero-order valence-corrected chi connectivity index (χ0v) is 14.6. The molecule has 2 heterocycles. The molecule has 24 heavy (non-hydrogen) atoms. The second-order valence-electron chi connectivity index (χ2n) is 5.14. The summed E-state index contributed by atoms with van der Waals surface area (Å²) in [5, 5.41) is 20.0. The maximum Gasteiger partial charge on any atom is 0.171 e. The minimum Gasteiger partial charge on any atom is -0.504 e. The molecule has 2 N–H and O–H groups in total. The highest BCUT2D eigenvalue weighted by Crippen LogP contribution is 2.40. The van der Waals surface area contributed by atoms with Crippen molar-refractivity contribution >= 4 is 23.5 Å². The van der Waals surface area contributed by atoms with Crippen LogP contribution >= 0.6 is 23.5 Å². The zero-order chi connectivity index (χ0) is 16.8. The number of phenols is 2. The molecule has 126 valence electrons. The number of hydrogen-bond acceptors (Lipinski definition) is 6. The Morgan fingerprint density at radius 3 is 2.04 bits per heavy atom. The molecule has 1 aromatic carbocycles. The predicted octanol–water partition coefficient (Wildman–Crippen LogP) is 4.95. The van der Waals surface area contributed by atoms with Crippen molar-refractivity contribution in [3.8, 4) is 11.5 Å². The van der Waals surface area contributed by atoms with Gasteiger partial charge >= 0.3 is 0 Å². The van der Waals surface area contributed by atoms with E-state index in [1.807, 2.05) is 30.3 Å². The summed E-state index contributed by atoms with van der Waals surface area (Å²) in [6, 6.07) is 11.1. The third kappa shape index (κ3) is 4.55. The highest BCUT2D eigenvalue weighted by Gasteiger charge is 2.11. The van der Waals surface area contributed by atoms with Crippen molar-refractivity contribution in [2.75, 3.05) is 11.5 Å². The van der Waals surface area contributed by atoms with Crippen LogP contribution in [0.3, 0.4) is 0 Å². The van der Waals surface area contributed by atoms with Crippen molar-refractivity contribution in [2.45, 2.75) is 22.6 Å². The normalized spacial score (nSPS) is 11.0. The Kier molecular flexibility index (Phi) is 5.82. The quantitative estimate of drug-likeness (QED) is 0.436. The summed E-state index contributed by atoms with van der Waals surface area (Å²) < 4.78 is 10.6. The van der Waals surface area contributed by atoms with Crippen LogP contribution in [0.4, 0.5) is 0 Å². The molecule has 0 spiro atoms. The average molecular weight is 362 g/mol. The largest absolute Gasteiger partial charge is 0.504 e. The Bertz CT molecular complexity index is 752. The van der Waals surface area contributed by atoms with Crippen molar-refractivity contribution in [3.63, 3.8) is 0 Å². The van der Waals surface area contributed by atoms with Crippen molar-refractivity contribution < 1.29 is 19.0 Å². The molecule has 0 aliphatic rings. The van der Waals surface area contributed by atoms with Gasteiger partial charge < -0.3 is 19.0 Å². The lowest BCUT2D eigenvalue weighted by atomic mass is 10.3. The fourth-order valence-electron chi connectivity index (χ4n) is 2.20. The summed E-state index contributed by atoms with van der Waals surface area (Å²) in [5.74, 6) is 3.32. The molecule has 0 saturated carbocycles. The summed E-state index contributed by atoms with van der Waals surface area (Å²) in [6.07, 6.45) is 4.91. The lowest BCUT2D eigenvalue weighted by Crippen LogP contribution is -1.88. The highest BCUT2D eigenvalue weighted by atomic mass is 32.2. The molecule has 0 amide bonds. The second-order valence-corrected chi connectivity index (χ2v) is 7.45. The first-order valence-corrected chi connectivity index (χ1v) is 9.56. The van der Waals surface area contributed by atoms with Crippen LogP contribution in [0.25, 0.3) is 0 Å². The molecule has 6 heteroatoms. The average Bonchev–Trinajstić information content (AvgIpc) is 3.25. The van der Waals surface area contributed by atoms with Crippen molar-refractivity contribution in [3.05, 3.63) is 60.4 Å². The summed E-state index contributed by atoms with van der Waals surface area (Å²) in [4.78, 5) is 1.61. The third-order valence-electron chi connectivity index (χ3n) is 3.41. The Morgan fingerprint density at radius 1 is 0.833 bits per heavy atom. The van der Waals surface area contributed by atoms with Gasteiger partial charge in [-0.2, -0.15) is 0 Å². The molecular weight excluding hydrogens is 344 g/mol. The lowest BCUT2D eigenvalue weighted by Gasteiger charge is -2.09. The predicted molar refractivity (Wildman–Crippen MR) is 96.0 cm³/mol. The van der Waals surface area contributed by atoms with E-state index in [9.17, 15) is 10.2 Å². The SMILES string of the molecule is Oc1cc(SCCc2ccco2)cc(SCCc2ccco2)c1O. The first-order valence-electron chi connectivity index (χ1n) is 7.58. The Morgan fingerprint density at radius 2 is 1.46 bits per heavy atom. The molecule has 0 atom stereocenters. The summed E-state index contributed by atoms with van der Waals surface area (Å²) in [6.45, 7) is 0. The molecule has 3 aromatic rings. The summed E-state index contributed by atoms with van der Waals surface area (Å²) >= 11 is 3.13. The Balaban J connectivity index is 1.57. The molecule has 0 aliphatic heterocycles. The van der Waals surface area contributed by atoms with Gasteiger partial charge in [-0.25, -0.2) is 0 Å². The number of aryl methyl sites for hydroxylation is 2. The van der Waals surface area contributed by atoms with E-state index in [2.05, 4.69) is 0 Å². The number of aromatic hydroxyl groups is 2. The molecule has 2 aromatic heterocycles. The van der Waals surface area contributed by atoms with Crippen LogP contribution in [0.5, 0.6) is 11.5 Å². The van der Waals surface area contributed by atoms with E-state index in [4.69, 9.17) is 8.83 Å². The molecule has 4 nitrogen and oxygen atoms in total. The van der Waals surface area contributed by atoms with E-state index >= 15 is 0 Å². The highest BCUT2D eigenvalue weighted by molar-refractivity contribution is 8.00. The molecule has 0 radical (unpaired) electrons. The topological polar surface area (TPSA) is 66.7 Å². The van der Waals surface area contributed by atoms with E-state index in [1.54, 1.807) is 30.4 Å². The number of furan rings is 2. The van der Waals surface area contributed by atoms with Crippen LogP contribution in [0.15, 0.2) is 67.5 Å². The van der Waals surface area contributed by atoms with Gasteiger partial charge in [0.2, 0.25) is 0 Å². The number of rotatable bonds is 8. The fourth-order valence-corrected chi connectivity index (χ4v) is 4.19. The maximum atomic E-state index is 10.0. The van der Waals surface area contributed by atoms with Gasteiger partial charge in [-0.1, -0.05) is 0 Å². The van der Waals surface area contributed by atoms with Gasteiger partial charge in [-0.05, 0) is 36.4 Å². The molecule has 0 saturated heterocycles. The molecular formula is C18H18O4S2. The molecule has 0 bridgehead atoms. The van der Waals surface area contributed by atoms with Gasteiger partial charge in [-0.3, -0.25) is 0 Å². The van der Waals surface area contributed by atoms with Crippen LogP contribution in [-0.4, -0.2) is 21.7 Å². The van der Waals surface area contributed by atoms with Gasteiger partial charge in [0.15, 0.2) is 11.5 Å². The van der Waals surface area contributed by atoms with Crippen molar-refractivity contribution in [1.29, 1.82) is 0 Å². The standard InChI is InChI=1S/C18H18O4S2/c19-16-11-15(23-9-5-13-3-1-7-21-13)12-17(18(16)20)24-10-6-14-4-2-8-22-14/h1-4,7-8,11-12,19-20H,5-6,9-10H2.